The third-order valence-corrected chi connectivity index (χ3v) is 5.04. The van der Waals surface area contributed by atoms with Crippen molar-refractivity contribution in [1.29, 1.82) is 0 Å². The molecule has 98 valence electrons. The Labute approximate surface area is 113 Å². The Balaban J connectivity index is 1.94. The lowest BCUT2D eigenvalue weighted by atomic mass is 10.1. The van der Waals surface area contributed by atoms with Gasteiger partial charge in [-0.2, -0.15) is 11.8 Å². The van der Waals surface area contributed by atoms with E-state index in [4.69, 9.17) is 5.11 Å². The van der Waals surface area contributed by atoms with Gasteiger partial charge in [-0.1, -0.05) is 43.2 Å². The molecule has 3 heteroatoms. The number of aliphatic carboxylic acids is 1. The summed E-state index contributed by atoms with van der Waals surface area (Å²) >= 11 is 1.82. The average Bonchev–Trinajstić information content (AvgIpc) is 2.88. The zero-order valence-corrected chi connectivity index (χ0v) is 11.4. The first kappa shape index (κ1) is 13.5. The van der Waals surface area contributed by atoms with Crippen LogP contribution < -0.4 is 0 Å². The van der Waals surface area contributed by atoms with Gasteiger partial charge < -0.3 is 5.11 Å². The second-order valence-corrected chi connectivity index (χ2v) is 6.22. The first-order valence-corrected chi connectivity index (χ1v) is 7.69. The number of carbonyl (C=O) groups is 1. The highest BCUT2D eigenvalue weighted by Gasteiger charge is 2.20. The highest BCUT2D eigenvalue weighted by atomic mass is 32.2. The predicted octanol–water partition coefficient (Wildman–Crippen LogP) is 4.13. The Morgan fingerprint density at radius 1 is 1.28 bits per heavy atom. The monoisotopic (exact) mass is 264 g/mol. The molecule has 0 aliphatic heterocycles. The zero-order chi connectivity index (χ0) is 12.8. The molecular weight excluding hydrogens is 244 g/mol. The van der Waals surface area contributed by atoms with Gasteiger partial charge >= 0.3 is 5.97 Å². The minimum absolute atomic E-state index is 0.101. The summed E-state index contributed by atoms with van der Waals surface area (Å²) in [5.41, 5.74) is 1.14. The highest BCUT2D eigenvalue weighted by molar-refractivity contribution is 7.99. The number of thioether (sulfide) groups is 1. The minimum Gasteiger partial charge on any atom is -0.481 e. The smallest absolute Gasteiger partial charge is 0.304 e. The molecule has 1 aliphatic rings. The molecule has 0 saturated heterocycles. The largest absolute Gasteiger partial charge is 0.481 e. The van der Waals surface area contributed by atoms with E-state index in [1.165, 1.54) is 25.7 Å². The van der Waals surface area contributed by atoms with Gasteiger partial charge in [-0.3, -0.25) is 4.79 Å². The van der Waals surface area contributed by atoms with Crippen molar-refractivity contribution in [2.24, 2.45) is 5.92 Å². The quantitative estimate of drug-likeness (QED) is 0.839. The molecule has 0 amide bonds. The Morgan fingerprint density at radius 3 is 2.56 bits per heavy atom. The van der Waals surface area contributed by atoms with Crippen LogP contribution in [0.25, 0.3) is 0 Å². The van der Waals surface area contributed by atoms with Crippen LogP contribution in [0.4, 0.5) is 0 Å². The van der Waals surface area contributed by atoms with E-state index in [1.54, 1.807) is 0 Å². The Morgan fingerprint density at radius 2 is 1.94 bits per heavy atom. The first-order valence-electron chi connectivity index (χ1n) is 6.64. The van der Waals surface area contributed by atoms with Crippen molar-refractivity contribution >= 4 is 17.7 Å². The van der Waals surface area contributed by atoms with E-state index < -0.39 is 5.97 Å². The molecule has 0 aromatic heterocycles. The fraction of sp³-hybridized carbons (Fsp3) is 0.533. The molecule has 1 atom stereocenters. The van der Waals surface area contributed by atoms with Crippen molar-refractivity contribution in [3.63, 3.8) is 0 Å². The summed E-state index contributed by atoms with van der Waals surface area (Å²) in [4.78, 5) is 11.0. The van der Waals surface area contributed by atoms with Gasteiger partial charge in [0, 0.05) is 5.25 Å². The molecule has 1 aromatic carbocycles. The van der Waals surface area contributed by atoms with Crippen molar-refractivity contribution in [2.45, 2.75) is 37.4 Å². The maximum absolute atomic E-state index is 11.0. The maximum Gasteiger partial charge on any atom is 0.304 e. The summed E-state index contributed by atoms with van der Waals surface area (Å²) in [5.74, 6) is 1.20. The Hall–Kier alpha value is -0.960. The number of benzene rings is 1. The van der Waals surface area contributed by atoms with Crippen molar-refractivity contribution in [1.82, 2.24) is 0 Å². The topological polar surface area (TPSA) is 37.3 Å². The van der Waals surface area contributed by atoms with E-state index in [0.29, 0.717) is 0 Å². The number of hydrogen-bond donors (Lipinski definition) is 1. The van der Waals surface area contributed by atoms with Crippen LogP contribution in [0.15, 0.2) is 30.3 Å². The van der Waals surface area contributed by atoms with Crippen molar-refractivity contribution in [3.05, 3.63) is 35.9 Å². The summed E-state index contributed by atoms with van der Waals surface area (Å²) in [5, 5.41) is 9.13. The first-order chi connectivity index (χ1) is 8.75. The van der Waals surface area contributed by atoms with E-state index in [1.807, 2.05) is 42.1 Å². The molecule has 0 radical (unpaired) electrons. The van der Waals surface area contributed by atoms with Gasteiger partial charge in [0.1, 0.15) is 0 Å². The lowest BCUT2D eigenvalue weighted by molar-refractivity contribution is -0.137. The summed E-state index contributed by atoms with van der Waals surface area (Å²) < 4.78 is 0. The second-order valence-electron chi connectivity index (χ2n) is 4.98. The molecule has 1 aromatic rings. The van der Waals surface area contributed by atoms with Crippen LogP contribution in [0.1, 0.15) is 42.9 Å². The van der Waals surface area contributed by atoms with Gasteiger partial charge in [0.05, 0.1) is 6.42 Å². The number of carboxylic acids is 1. The second kappa shape index (κ2) is 6.83. The average molecular weight is 264 g/mol. The fourth-order valence-electron chi connectivity index (χ4n) is 2.53. The summed E-state index contributed by atoms with van der Waals surface area (Å²) in [6, 6.07) is 10.0. The molecule has 0 heterocycles. The molecular formula is C15H20O2S. The third-order valence-electron chi connectivity index (χ3n) is 3.54. The van der Waals surface area contributed by atoms with Gasteiger partial charge in [0.15, 0.2) is 0 Å². The van der Waals surface area contributed by atoms with E-state index in [9.17, 15) is 4.79 Å². The molecule has 1 N–H and O–H groups in total. The van der Waals surface area contributed by atoms with E-state index in [2.05, 4.69) is 0 Å². The molecule has 0 spiro atoms. The lowest BCUT2D eigenvalue weighted by Gasteiger charge is -2.17. The standard InChI is InChI=1S/C15H20O2S/c16-15(17)10-14(13-8-2-1-3-9-13)18-11-12-6-4-5-7-12/h1-3,8-9,12,14H,4-7,10-11H2,(H,16,17). The van der Waals surface area contributed by atoms with Gasteiger partial charge in [0.2, 0.25) is 0 Å². The van der Waals surface area contributed by atoms with Crippen molar-refractivity contribution in [3.8, 4) is 0 Å². The molecule has 1 saturated carbocycles. The van der Waals surface area contributed by atoms with Crippen LogP contribution in [-0.4, -0.2) is 16.8 Å². The van der Waals surface area contributed by atoms with Crippen LogP contribution in [-0.2, 0) is 4.79 Å². The highest BCUT2D eigenvalue weighted by Crippen LogP contribution is 2.37. The molecule has 2 nitrogen and oxygen atoms in total. The molecule has 1 unspecified atom stereocenters. The summed E-state index contributed by atoms with van der Waals surface area (Å²) in [7, 11) is 0. The van der Waals surface area contributed by atoms with Crippen molar-refractivity contribution in [2.75, 3.05) is 5.75 Å². The maximum atomic E-state index is 11.0. The zero-order valence-electron chi connectivity index (χ0n) is 10.5. The minimum atomic E-state index is -0.706. The Kier molecular flexibility index (Phi) is 5.12. The number of hydrogen-bond acceptors (Lipinski definition) is 2. The molecule has 18 heavy (non-hydrogen) atoms. The normalized spacial score (nSPS) is 17.8. The predicted molar refractivity (Wildman–Crippen MR) is 75.9 cm³/mol. The van der Waals surface area contributed by atoms with E-state index >= 15 is 0 Å². The van der Waals surface area contributed by atoms with Crippen LogP contribution >= 0.6 is 11.8 Å². The third kappa shape index (κ3) is 4.05. The van der Waals surface area contributed by atoms with Crippen LogP contribution in [0.5, 0.6) is 0 Å². The molecule has 1 fully saturated rings. The van der Waals surface area contributed by atoms with Crippen LogP contribution in [0.3, 0.4) is 0 Å². The number of carboxylic acid groups (broad SMARTS) is 1. The molecule has 1 aliphatic carbocycles. The molecule has 2 rings (SSSR count). The number of rotatable bonds is 6. The van der Waals surface area contributed by atoms with Crippen LogP contribution in [0, 0.1) is 5.92 Å². The summed E-state index contributed by atoms with van der Waals surface area (Å²) in [6.45, 7) is 0. The van der Waals surface area contributed by atoms with Crippen LogP contribution in [0.2, 0.25) is 0 Å². The van der Waals surface area contributed by atoms with Gasteiger partial charge in [-0.05, 0) is 30.1 Å². The molecule has 0 bridgehead atoms. The van der Waals surface area contributed by atoms with Crippen molar-refractivity contribution < 1.29 is 9.90 Å². The van der Waals surface area contributed by atoms with Gasteiger partial charge in [-0.15, -0.1) is 0 Å². The lowest BCUT2D eigenvalue weighted by Crippen LogP contribution is -2.06. The van der Waals surface area contributed by atoms with E-state index in [0.717, 1.165) is 17.2 Å². The Bertz CT molecular complexity index is 371. The summed E-state index contributed by atoms with van der Waals surface area (Å²) in [6.07, 6.45) is 5.56. The van der Waals surface area contributed by atoms with Gasteiger partial charge in [-0.25, -0.2) is 0 Å². The van der Waals surface area contributed by atoms with Gasteiger partial charge in [0.25, 0.3) is 0 Å². The SMILES string of the molecule is O=C(O)CC(SCC1CCCC1)c1ccccc1. The van der Waals surface area contributed by atoms with E-state index in [-0.39, 0.29) is 11.7 Å². The fourth-order valence-corrected chi connectivity index (χ4v) is 3.98.